The number of hydrogen-bond donors (Lipinski definition) is 1. The average Bonchev–Trinajstić information content (AvgIpc) is 3.32. The van der Waals surface area contributed by atoms with Crippen LogP contribution in [-0.2, 0) is 11.2 Å². The van der Waals surface area contributed by atoms with Crippen molar-refractivity contribution in [3.63, 3.8) is 0 Å². The largest absolute Gasteiger partial charge is 0.391 e. The number of aromatic nitrogens is 3. The van der Waals surface area contributed by atoms with Crippen molar-refractivity contribution in [1.29, 1.82) is 0 Å². The fourth-order valence-electron chi connectivity index (χ4n) is 2.37. The number of aliphatic hydroxyl groups is 1. The van der Waals surface area contributed by atoms with Crippen molar-refractivity contribution in [3.05, 3.63) is 30.3 Å². The first-order valence-corrected chi connectivity index (χ1v) is 7.79. The lowest BCUT2D eigenvalue weighted by molar-refractivity contribution is -0.131. The van der Waals surface area contributed by atoms with Gasteiger partial charge in [0.25, 0.3) is 0 Å². The maximum absolute atomic E-state index is 12.1. The lowest BCUT2D eigenvalue weighted by Crippen LogP contribution is -2.35. The standard InChI is InChI=1S/C16H20N4O3/c1-20(10-13(21)11-5-6-11)15(22)8-7-14-18-16(19-23-14)12-4-2-3-9-17-12/h2-4,9,11,13,21H,5-8,10H2,1H3. The number of likely N-dealkylation sites (N-methyl/N-ethyl adjacent to an activating group) is 1. The van der Waals surface area contributed by atoms with Crippen molar-refractivity contribution in [1.82, 2.24) is 20.0 Å². The molecule has 122 valence electrons. The van der Waals surface area contributed by atoms with Crippen LogP contribution < -0.4 is 0 Å². The smallest absolute Gasteiger partial charge is 0.227 e. The molecule has 7 nitrogen and oxygen atoms in total. The van der Waals surface area contributed by atoms with Gasteiger partial charge in [-0.05, 0) is 30.9 Å². The lowest BCUT2D eigenvalue weighted by Gasteiger charge is -2.20. The van der Waals surface area contributed by atoms with E-state index in [1.807, 2.05) is 12.1 Å². The highest BCUT2D eigenvalue weighted by molar-refractivity contribution is 5.76. The van der Waals surface area contributed by atoms with E-state index >= 15 is 0 Å². The third kappa shape index (κ3) is 4.13. The second-order valence-corrected chi connectivity index (χ2v) is 5.91. The van der Waals surface area contributed by atoms with Crippen LogP contribution in [0.5, 0.6) is 0 Å². The highest BCUT2D eigenvalue weighted by atomic mass is 16.5. The van der Waals surface area contributed by atoms with Crippen LogP contribution in [0.15, 0.2) is 28.9 Å². The van der Waals surface area contributed by atoms with Gasteiger partial charge in [0.05, 0.1) is 6.10 Å². The first-order valence-electron chi connectivity index (χ1n) is 7.79. The predicted molar refractivity (Wildman–Crippen MR) is 82.2 cm³/mol. The molecule has 1 N–H and O–H groups in total. The van der Waals surface area contributed by atoms with Gasteiger partial charge >= 0.3 is 0 Å². The van der Waals surface area contributed by atoms with Crippen LogP contribution in [0, 0.1) is 5.92 Å². The minimum absolute atomic E-state index is 0.0395. The van der Waals surface area contributed by atoms with E-state index in [0.29, 0.717) is 36.3 Å². The molecule has 2 heterocycles. The highest BCUT2D eigenvalue weighted by Gasteiger charge is 2.31. The van der Waals surface area contributed by atoms with Crippen molar-refractivity contribution in [3.8, 4) is 11.5 Å². The fourth-order valence-corrected chi connectivity index (χ4v) is 2.37. The number of aliphatic hydroxyl groups excluding tert-OH is 1. The van der Waals surface area contributed by atoms with Crippen molar-refractivity contribution in [2.45, 2.75) is 31.8 Å². The number of amides is 1. The Hall–Kier alpha value is -2.28. The Kier molecular flexibility index (Phi) is 4.66. The molecule has 7 heteroatoms. The van der Waals surface area contributed by atoms with Crippen LogP contribution >= 0.6 is 0 Å². The van der Waals surface area contributed by atoms with Gasteiger partial charge in [0.1, 0.15) is 5.69 Å². The summed E-state index contributed by atoms with van der Waals surface area (Å²) in [5.41, 5.74) is 0.638. The summed E-state index contributed by atoms with van der Waals surface area (Å²) in [6.45, 7) is 0.381. The molecule has 2 aromatic heterocycles. The molecular formula is C16H20N4O3. The summed E-state index contributed by atoms with van der Waals surface area (Å²) in [5.74, 6) is 1.16. The quantitative estimate of drug-likeness (QED) is 0.827. The molecule has 1 saturated carbocycles. The van der Waals surface area contributed by atoms with Crippen LogP contribution in [0.1, 0.15) is 25.2 Å². The second-order valence-electron chi connectivity index (χ2n) is 5.91. The molecule has 1 aliphatic rings. The van der Waals surface area contributed by atoms with Gasteiger partial charge in [0.15, 0.2) is 0 Å². The Bertz CT molecular complexity index is 654. The summed E-state index contributed by atoms with van der Waals surface area (Å²) < 4.78 is 5.16. The molecule has 0 radical (unpaired) electrons. The van der Waals surface area contributed by atoms with Gasteiger partial charge in [-0.1, -0.05) is 11.2 Å². The monoisotopic (exact) mass is 316 g/mol. The normalized spacial score (nSPS) is 15.4. The molecule has 1 aliphatic carbocycles. The van der Waals surface area contributed by atoms with Crippen molar-refractivity contribution >= 4 is 5.91 Å². The maximum Gasteiger partial charge on any atom is 0.227 e. The minimum Gasteiger partial charge on any atom is -0.391 e. The Morgan fingerprint density at radius 2 is 2.30 bits per heavy atom. The van der Waals surface area contributed by atoms with Crippen LogP contribution in [0.2, 0.25) is 0 Å². The summed E-state index contributed by atoms with van der Waals surface area (Å²) in [4.78, 5) is 22.1. The molecule has 2 aromatic rings. The van der Waals surface area contributed by atoms with E-state index in [-0.39, 0.29) is 12.3 Å². The summed E-state index contributed by atoms with van der Waals surface area (Å²) in [6.07, 6.45) is 4.02. The Morgan fingerprint density at radius 3 is 3.00 bits per heavy atom. The number of rotatable bonds is 7. The molecule has 1 unspecified atom stereocenters. The molecule has 0 bridgehead atoms. The van der Waals surface area contributed by atoms with Crippen molar-refractivity contribution in [2.24, 2.45) is 5.92 Å². The average molecular weight is 316 g/mol. The van der Waals surface area contributed by atoms with Gasteiger partial charge in [-0.3, -0.25) is 9.78 Å². The third-order valence-corrected chi connectivity index (χ3v) is 3.97. The number of carbonyl (C=O) groups is 1. The molecule has 0 aliphatic heterocycles. The Balaban J connectivity index is 1.50. The van der Waals surface area contributed by atoms with Gasteiger partial charge in [-0.15, -0.1) is 0 Å². The number of carbonyl (C=O) groups excluding carboxylic acids is 1. The van der Waals surface area contributed by atoms with E-state index < -0.39 is 6.10 Å². The Morgan fingerprint density at radius 1 is 1.48 bits per heavy atom. The maximum atomic E-state index is 12.1. The zero-order chi connectivity index (χ0) is 16.2. The molecule has 3 rings (SSSR count). The van der Waals surface area contributed by atoms with Crippen molar-refractivity contribution < 1.29 is 14.4 Å². The van der Waals surface area contributed by atoms with Crippen LogP contribution in [0.4, 0.5) is 0 Å². The van der Waals surface area contributed by atoms with E-state index in [1.165, 1.54) is 0 Å². The van der Waals surface area contributed by atoms with E-state index in [9.17, 15) is 9.90 Å². The van der Waals surface area contributed by atoms with Crippen molar-refractivity contribution in [2.75, 3.05) is 13.6 Å². The van der Waals surface area contributed by atoms with E-state index in [2.05, 4.69) is 15.1 Å². The first kappa shape index (κ1) is 15.6. The van der Waals surface area contributed by atoms with E-state index in [0.717, 1.165) is 12.8 Å². The summed E-state index contributed by atoms with van der Waals surface area (Å²) in [5, 5.41) is 13.8. The lowest BCUT2D eigenvalue weighted by atomic mass is 10.2. The predicted octanol–water partition coefficient (Wildman–Crippen LogP) is 1.29. The zero-order valence-corrected chi connectivity index (χ0v) is 13.1. The van der Waals surface area contributed by atoms with Gasteiger partial charge < -0.3 is 14.5 Å². The minimum atomic E-state index is -0.414. The van der Waals surface area contributed by atoms with Gasteiger partial charge in [-0.25, -0.2) is 0 Å². The SMILES string of the molecule is CN(CC(O)C1CC1)C(=O)CCc1nc(-c2ccccn2)no1. The van der Waals surface area contributed by atoms with Gasteiger partial charge in [0, 0.05) is 32.6 Å². The van der Waals surface area contributed by atoms with E-state index in [1.54, 1.807) is 24.2 Å². The van der Waals surface area contributed by atoms with Gasteiger partial charge in [0.2, 0.25) is 17.6 Å². The van der Waals surface area contributed by atoms with Crippen LogP contribution in [-0.4, -0.2) is 50.7 Å². The molecule has 23 heavy (non-hydrogen) atoms. The first-order chi connectivity index (χ1) is 11.1. The molecule has 0 spiro atoms. The molecule has 1 amide bonds. The molecule has 1 fully saturated rings. The number of nitrogens with zero attached hydrogens (tertiary/aromatic N) is 4. The Labute approximate surface area is 134 Å². The number of pyridine rings is 1. The molecule has 0 saturated heterocycles. The third-order valence-electron chi connectivity index (χ3n) is 3.97. The summed E-state index contributed by atoms with van der Waals surface area (Å²) in [7, 11) is 1.71. The topological polar surface area (TPSA) is 92.3 Å². The molecule has 1 atom stereocenters. The van der Waals surface area contributed by atoms with E-state index in [4.69, 9.17) is 4.52 Å². The van der Waals surface area contributed by atoms with Crippen LogP contribution in [0.3, 0.4) is 0 Å². The zero-order valence-electron chi connectivity index (χ0n) is 13.1. The second kappa shape index (κ2) is 6.87. The molecular weight excluding hydrogens is 296 g/mol. The highest BCUT2D eigenvalue weighted by Crippen LogP contribution is 2.32. The summed E-state index contributed by atoms with van der Waals surface area (Å²) >= 11 is 0. The fraction of sp³-hybridized carbons (Fsp3) is 0.500. The van der Waals surface area contributed by atoms with Crippen LogP contribution in [0.25, 0.3) is 11.5 Å². The number of aryl methyl sites for hydroxylation is 1. The van der Waals surface area contributed by atoms with Gasteiger partial charge in [-0.2, -0.15) is 4.98 Å². The summed E-state index contributed by atoms with van der Waals surface area (Å²) in [6, 6.07) is 5.46. The number of hydrogen-bond acceptors (Lipinski definition) is 6. The molecule has 0 aromatic carbocycles.